The maximum Gasteiger partial charge on any atom is 0.335 e. The Morgan fingerprint density at radius 1 is 1.26 bits per heavy atom. The molecular formula is C14H11NO3S. The van der Waals surface area contributed by atoms with Crippen LogP contribution < -0.4 is 4.90 Å². The van der Waals surface area contributed by atoms with Crippen molar-refractivity contribution < 1.29 is 14.7 Å². The van der Waals surface area contributed by atoms with Gasteiger partial charge in [0.25, 0.3) is 0 Å². The first-order valence-electron chi connectivity index (χ1n) is 5.85. The third kappa shape index (κ3) is 2.02. The molecule has 1 N–H and O–H groups in total. The van der Waals surface area contributed by atoms with Gasteiger partial charge in [0.2, 0.25) is 5.91 Å². The van der Waals surface area contributed by atoms with E-state index in [1.54, 1.807) is 28.4 Å². The van der Waals surface area contributed by atoms with Crippen molar-refractivity contribution in [2.45, 2.75) is 12.5 Å². The molecule has 1 saturated heterocycles. The molecule has 0 aliphatic carbocycles. The van der Waals surface area contributed by atoms with Crippen molar-refractivity contribution in [1.82, 2.24) is 0 Å². The Bertz CT molecular complexity index is 619. The highest BCUT2D eigenvalue weighted by Gasteiger charge is 2.38. The van der Waals surface area contributed by atoms with E-state index in [1.165, 1.54) is 12.1 Å². The normalized spacial score (nSPS) is 18.2. The van der Waals surface area contributed by atoms with Gasteiger partial charge in [0.15, 0.2) is 0 Å². The zero-order valence-corrected chi connectivity index (χ0v) is 10.8. The van der Waals surface area contributed by atoms with Gasteiger partial charge in [0.1, 0.15) is 0 Å². The van der Waals surface area contributed by atoms with Crippen molar-refractivity contribution in [3.63, 3.8) is 0 Å². The van der Waals surface area contributed by atoms with Crippen molar-refractivity contribution >= 4 is 28.9 Å². The summed E-state index contributed by atoms with van der Waals surface area (Å²) in [7, 11) is 0. The molecule has 0 saturated carbocycles. The molecule has 0 bridgehead atoms. The van der Waals surface area contributed by atoms with Crippen LogP contribution in [0.2, 0.25) is 0 Å². The molecule has 4 nitrogen and oxygen atoms in total. The molecule has 3 rings (SSSR count). The van der Waals surface area contributed by atoms with Crippen LogP contribution in [0.25, 0.3) is 0 Å². The molecule has 1 aromatic carbocycles. The zero-order valence-electron chi connectivity index (χ0n) is 9.95. The number of carboxylic acids is 1. The molecule has 0 radical (unpaired) electrons. The van der Waals surface area contributed by atoms with E-state index in [0.717, 1.165) is 10.6 Å². The third-order valence-corrected chi connectivity index (χ3v) is 4.19. The fourth-order valence-electron chi connectivity index (χ4n) is 2.21. The molecule has 1 amide bonds. The van der Waals surface area contributed by atoms with Gasteiger partial charge in [0, 0.05) is 10.6 Å². The molecule has 1 atom stereocenters. The van der Waals surface area contributed by atoms with Crippen molar-refractivity contribution in [2.24, 2.45) is 0 Å². The van der Waals surface area contributed by atoms with E-state index in [9.17, 15) is 9.59 Å². The van der Waals surface area contributed by atoms with E-state index < -0.39 is 5.97 Å². The quantitative estimate of drug-likeness (QED) is 0.875. The van der Waals surface area contributed by atoms with Crippen LogP contribution >= 0.6 is 11.3 Å². The zero-order chi connectivity index (χ0) is 13.4. The van der Waals surface area contributed by atoms with E-state index >= 15 is 0 Å². The molecule has 2 aromatic rings. The Kier molecular flexibility index (Phi) is 2.83. The Balaban J connectivity index is 1.88. The molecule has 2 heterocycles. The van der Waals surface area contributed by atoms with Crippen LogP contribution in [0.1, 0.15) is 27.7 Å². The fraction of sp³-hybridized carbons (Fsp3) is 0.143. The fourth-order valence-corrected chi connectivity index (χ4v) is 3.03. The van der Waals surface area contributed by atoms with Gasteiger partial charge in [-0.05, 0) is 35.7 Å². The van der Waals surface area contributed by atoms with Crippen LogP contribution in [0.5, 0.6) is 0 Å². The molecule has 0 spiro atoms. The molecule has 5 heteroatoms. The van der Waals surface area contributed by atoms with E-state index in [4.69, 9.17) is 5.11 Å². The Morgan fingerprint density at radius 2 is 2.00 bits per heavy atom. The lowest BCUT2D eigenvalue weighted by molar-refractivity contribution is -0.124. The first-order chi connectivity index (χ1) is 9.16. The predicted octanol–water partition coefficient (Wildman–Crippen LogP) is 2.92. The monoisotopic (exact) mass is 273 g/mol. The average Bonchev–Trinajstić information content (AvgIpc) is 2.89. The number of anilines is 1. The number of carbonyl (C=O) groups is 2. The second-order valence-electron chi connectivity index (χ2n) is 4.35. The summed E-state index contributed by atoms with van der Waals surface area (Å²) in [4.78, 5) is 25.4. The number of carboxylic acid groups (broad SMARTS) is 1. The summed E-state index contributed by atoms with van der Waals surface area (Å²) in [6.45, 7) is 0. The van der Waals surface area contributed by atoms with Crippen LogP contribution in [0, 0.1) is 0 Å². The topological polar surface area (TPSA) is 57.6 Å². The number of amides is 1. The van der Waals surface area contributed by atoms with Crippen molar-refractivity contribution in [3.8, 4) is 0 Å². The number of rotatable bonds is 3. The van der Waals surface area contributed by atoms with Gasteiger partial charge in [-0.1, -0.05) is 6.07 Å². The number of nitrogens with zero attached hydrogens (tertiary/aromatic N) is 1. The number of aromatic carboxylic acids is 1. The van der Waals surface area contributed by atoms with Crippen molar-refractivity contribution in [3.05, 3.63) is 52.2 Å². The van der Waals surface area contributed by atoms with Gasteiger partial charge in [0.05, 0.1) is 18.0 Å². The van der Waals surface area contributed by atoms with Crippen molar-refractivity contribution in [1.29, 1.82) is 0 Å². The minimum Gasteiger partial charge on any atom is -0.478 e. The van der Waals surface area contributed by atoms with Crippen LogP contribution in [-0.2, 0) is 4.79 Å². The number of thiophene rings is 1. The maximum absolute atomic E-state index is 11.8. The first kappa shape index (κ1) is 11.9. The van der Waals surface area contributed by atoms with E-state index in [1.807, 2.05) is 17.5 Å². The van der Waals surface area contributed by atoms with Gasteiger partial charge < -0.3 is 10.0 Å². The molecular weight excluding hydrogens is 262 g/mol. The highest BCUT2D eigenvalue weighted by atomic mass is 32.1. The number of β-lactam (4-membered cyclic amide) rings is 1. The molecule has 1 fully saturated rings. The van der Waals surface area contributed by atoms with Crippen LogP contribution in [0.15, 0.2) is 41.8 Å². The van der Waals surface area contributed by atoms with Gasteiger partial charge in [-0.25, -0.2) is 4.79 Å². The smallest absolute Gasteiger partial charge is 0.335 e. The number of carbonyl (C=O) groups excluding carboxylic acids is 1. The summed E-state index contributed by atoms with van der Waals surface area (Å²) in [5, 5.41) is 10.9. The summed E-state index contributed by atoms with van der Waals surface area (Å²) in [5.41, 5.74) is 0.976. The summed E-state index contributed by atoms with van der Waals surface area (Å²) >= 11 is 1.63. The van der Waals surface area contributed by atoms with Crippen LogP contribution in [0.4, 0.5) is 5.69 Å². The van der Waals surface area contributed by atoms with E-state index in [-0.39, 0.29) is 17.5 Å². The number of hydrogen-bond donors (Lipinski definition) is 1. The van der Waals surface area contributed by atoms with Gasteiger partial charge in [-0.3, -0.25) is 4.79 Å². The Morgan fingerprint density at radius 3 is 2.53 bits per heavy atom. The Hall–Kier alpha value is -2.14. The second kappa shape index (κ2) is 4.51. The molecule has 19 heavy (non-hydrogen) atoms. The Labute approximate surface area is 113 Å². The summed E-state index contributed by atoms with van der Waals surface area (Å²) in [5.74, 6) is -0.891. The largest absolute Gasteiger partial charge is 0.478 e. The lowest BCUT2D eigenvalue weighted by Gasteiger charge is -2.40. The minimum absolute atomic E-state index is 0.0708. The standard InChI is InChI=1S/C14H11NO3S/c16-13-8-11(12-2-1-7-19-12)15(13)10-5-3-9(4-6-10)14(17)18/h1-7,11H,8H2,(H,17,18). The average molecular weight is 273 g/mol. The number of benzene rings is 1. The lowest BCUT2D eigenvalue weighted by atomic mass is 9.98. The summed E-state index contributed by atoms with van der Waals surface area (Å²) in [6.07, 6.45) is 0.515. The van der Waals surface area contributed by atoms with Crippen molar-refractivity contribution in [2.75, 3.05) is 4.90 Å². The molecule has 1 aliphatic rings. The second-order valence-corrected chi connectivity index (χ2v) is 5.33. The third-order valence-electron chi connectivity index (χ3n) is 3.21. The minimum atomic E-state index is -0.962. The van der Waals surface area contributed by atoms with Gasteiger partial charge in [-0.2, -0.15) is 0 Å². The first-order valence-corrected chi connectivity index (χ1v) is 6.73. The van der Waals surface area contributed by atoms with Crippen LogP contribution in [-0.4, -0.2) is 17.0 Å². The highest BCUT2D eigenvalue weighted by Crippen LogP contribution is 2.40. The molecule has 1 unspecified atom stereocenters. The van der Waals surface area contributed by atoms with Crippen LogP contribution in [0.3, 0.4) is 0 Å². The summed E-state index contributed by atoms with van der Waals surface area (Å²) in [6, 6.07) is 10.5. The predicted molar refractivity (Wildman–Crippen MR) is 72.6 cm³/mol. The lowest BCUT2D eigenvalue weighted by Crippen LogP contribution is -2.46. The molecule has 1 aromatic heterocycles. The van der Waals surface area contributed by atoms with Gasteiger partial charge in [-0.15, -0.1) is 11.3 Å². The number of hydrogen-bond acceptors (Lipinski definition) is 3. The SMILES string of the molecule is O=C(O)c1ccc(N2C(=O)CC2c2cccs2)cc1. The van der Waals surface area contributed by atoms with Gasteiger partial charge >= 0.3 is 5.97 Å². The highest BCUT2D eigenvalue weighted by molar-refractivity contribution is 7.10. The van der Waals surface area contributed by atoms with E-state index in [0.29, 0.717) is 6.42 Å². The van der Waals surface area contributed by atoms with E-state index in [2.05, 4.69) is 0 Å². The maximum atomic E-state index is 11.8. The molecule has 96 valence electrons. The summed E-state index contributed by atoms with van der Waals surface area (Å²) < 4.78 is 0. The molecule has 1 aliphatic heterocycles.